The molecule has 1 aromatic heterocycles. The molecule has 0 amide bonds. The minimum absolute atomic E-state index is 0.0170. The number of hydrogen-bond donors (Lipinski definition) is 0. The molecular weight excluding hydrogens is 590 g/mol. The molecule has 1 aliphatic heterocycles. The van der Waals surface area contributed by atoms with Gasteiger partial charge in [-0.25, -0.2) is 4.98 Å². The third kappa shape index (κ3) is 8.26. The van der Waals surface area contributed by atoms with Crippen molar-refractivity contribution in [1.29, 1.82) is 0 Å². The lowest BCUT2D eigenvalue weighted by Crippen LogP contribution is -2.37. The minimum atomic E-state index is -0.0170. The molecule has 0 bridgehead atoms. The van der Waals surface area contributed by atoms with Gasteiger partial charge in [-0.05, 0) is 106 Å². The maximum atomic E-state index is 13.6. The van der Waals surface area contributed by atoms with Crippen LogP contribution >= 0.6 is 11.6 Å². The lowest BCUT2D eigenvalue weighted by Gasteiger charge is -2.33. The number of ether oxygens (including phenoxy) is 1. The fourth-order valence-electron chi connectivity index (χ4n) is 6.90. The second-order valence-corrected chi connectivity index (χ2v) is 13.2. The summed E-state index contributed by atoms with van der Waals surface area (Å²) in [5.41, 5.74) is 5.46. The van der Waals surface area contributed by atoms with E-state index in [4.69, 9.17) is 21.3 Å². The zero-order valence-corrected chi connectivity index (χ0v) is 27.5. The van der Waals surface area contributed by atoms with Gasteiger partial charge in [-0.3, -0.25) is 4.79 Å². The van der Waals surface area contributed by atoms with Crippen LogP contribution in [0.2, 0.25) is 5.02 Å². The van der Waals surface area contributed by atoms with Crippen LogP contribution in [-0.4, -0.2) is 39.9 Å². The first-order chi connectivity index (χ1) is 22.5. The van der Waals surface area contributed by atoms with E-state index < -0.39 is 0 Å². The predicted octanol–water partition coefficient (Wildman–Crippen LogP) is 9.20. The van der Waals surface area contributed by atoms with Gasteiger partial charge >= 0.3 is 0 Å². The highest BCUT2D eigenvalue weighted by Gasteiger charge is 2.25. The third-order valence-corrected chi connectivity index (χ3v) is 9.64. The highest BCUT2D eigenvalue weighted by Crippen LogP contribution is 2.27. The van der Waals surface area contributed by atoms with Crippen LogP contribution in [0.25, 0.3) is 11.0 Å². The molecule has 0 saturated carbocycles. The standard InChI is InChI=1S/C40H44ClN3O2/c1-30-11-8-18-37-39(30)42-38(29-46-36-21-19-35(41)20-22-36)44(37)25-10-15-32-14-9-24-43(28-32)26-23-34(27-31-12-4-2-5-13-31)40(45)33-16-6-3-7-17-33/h2-8,11-13,16-22,32,34H,9-10,14-15,23-29H2,1H3. The molecule has 0 N–H and O–H groups in total. The largest absolute Gasteiger partial charge is 0.486 e. The third-order valence-electron chi connectivity index (χ3n) is 9.39. The van der Waals surface area contributed by atoms with E-state index in [0.717, 1.165) is 68.1 Å². The molecule has 46 heavy (non-hydrogen) atoms. The van der Waals surface area contributed by atoms with E-state index in [1.807, 2.05) is 60.7 Å². The van der Waals surface area contributed by atoms with E-state index >= 15 is 0 Å². The number of para-hydroxylation sites is 1. The van der Waals surface area contributed by atoms with Gasteiger partial charge in [-0.2, -0.15) is 0 Å². The van der Waals surface area contributed by atoms with Gasteiger partial charge in [0.1, 0.15) is 18.2 Å². The van der Waals surface area contributed by atoms with Gasteiger partial charge in [-0.15, -0.1) is 0 Å². The van der Waals surface area contributed by atoms with Crippen LogP contribution in [0.5, 0.6) is 5.75 Å². The molecule has 0 radical (unpaired) electrons. The molecule has 0 aliphatic carbocycles. The summed E-state index contributed by atoms with van der Waals surface area (Å²) in [6, 6.07) is 34.2. The van der Waals surface area contributed by atoms with E-state index in [-0.39, 0.29) is 11.7 Å². The molecule has 238 valence electrons. The number of carbonyl (C=O) groups excluding carboxylic acids is 1. The fourth-order valence-corrected chi connectivity index (χ4v) is 7.03. The summed E-state index contributed by atoms with van der Waals surface area (Å²) < 4.78 is 8.47. The van der Waals surface area contributed by atoms with E-state index in [1.165, 1.54) is 35.9 Å². The number of ketones is 1. The second kappa shape index (κ2) is 15.6. The molecular formula is C40H44ClN3O2. The van der Waals surface area contributed by atoms with Crippen LogP contribution in [0.1, 0.15) is 59.4 Å². The first kappa shape index (κ1) is 32.0. The first-order valence-electron chi connectivity index (χ1n) is 16.7. The first-order valence-corrected chi connectivity index (χ1v) is 17.1. The summed E-state index contributed by atoms with van der Waals surface area (Å²) >= 11 is 6.06. The zero-order valence-electron chi connectivity index (χ0n) is 26.8. The van der Waals surface area contributed by atoms with Gasteiger partial charge in [0.05, 0.1) is 11.0 Å². The predicted molar refractivity (Wildman–Crippen MR) is 188 cm³/mol. The van der Waals surface area contributed by atoms with E-state index in [2.05, 4.69) is 58.9 Å². The van der Waals surface area contributed by atoms with E-state index in [9.17, 15) is 4.79 Å². The molecule has 1 fully saturated rings. The Bertz CT molecular complexity index is 1700. The zero-order chi connectivity index (χ0) is 31.7. The van der Waals surface area contributed by atoms with Crippen molar-refractivity contribution in [2.24, 2.45) is 11.8 Å². The quantitative estimate of drug-likeness (QED) is 0.114. The molecule has 5 nitrogen and oxygen atoms in total. The number of aromatic nitrogens is 2. The Labute approximate surface area is 278 Å². The van der Waals surface area contributed by atoms with Gasteiger partial charge in [0.25, 0.3) is 0 Å². The van der Waals surface area contributed by atoms with Crippen molar-refractivity contribution in [2.75, 3.05) is 19.6 Å². The number of piperidine rings is 1. The highest BCUT2D eigenvalue weighted by atomic mass is 35.5. The normalized spacial score (nSPS) is 16.0. The minimum Gasteiger partial charge on any atom is -0.486 e. The summed E-state index contributed by atoms with van der Waals surface area (Å²) in [4.78, 5) is 21.2. The number of likely N-dealkylation sites (tertiary alicyclic amines) is 1. The van der Waals surface area contributed by atoms with Crippen molar-refractivity contribution in [3.8, 4) is 5.75 Å². The van der Waals surface area contributed by atoms with E-state index in [1.54, 1.807) is 0 Å². The molecule has 4 aromatic carbocycles. The Morgan fingerprint density at radius 3 is 2.48 bits per heavy atom. The fraction of sp³-hybridized carbons (Fsp3) is 0.350. The maximum absolute atomic E-state index is 13.6. The molecule has 1 aliphatic rings. The van der Waals surface area contributed by atoms with Gasteiger partial charge in [-0.1, -0.05) is 84.4 Å². The number of aryl methyl sites for hydroxylation is 2. The van der Waals surface area contributed by atoms with E-state index in [0.29, 0.717) is 17.5 Å². The monoisotopic (exact) mass is 633 g/mol. The lowest BCUT2D eigenvalue weighted by atomic mass is 9.87. The van der Waals surface area contributed by atoms with Crippen molar-refractivity contribution in [3.63, 3.8) is 0 Å². The van der Waals surface area contributed by atoms with Crippen molar-refractivity contribution < 1.29 is 9.53 Å². The van der Waals surface area contributed by atoms with Crippen LogP contribution in [-0.2, 0) is 19.6 Å². The number of imidazole rings is 1. The van der Waals surface area contributed by atoms with Crippen LogP contribution in [0.4, 0.5) is 0 Å². The molecule has 6 rings (SSSR count). The van der Waals surface area contributed by atoms with Gasteiger partial charge in [0.15, 0.2) is 5.78 Å². The van der Waals surface area contributed by atoms with Crippen LogP contribution in [0, 0.1) is 18.8 Å². The average Bonchev–Trinajstić information content (AvgIpc) is 3.45. The molecule has 2 unspecified atom stereocenters. The Morgan fingerprint density at radius 1 is 0.935 bits per heavy atom. The Hall–Kier alpha value is -3.93. The Morgan fingerprint density at radius 2 is 1.70 bits per heavy atom. The van der Waals surface area contributed by atoms with Crippen molar-refractivity contribution in [3.05, 3.63) is 131 Å². The number of nitrogens with zero attached hydrogens (tertiary/aromatic N) is 3. The summed E-state index contributed by atoms with van der Waals surface area (Å²) in [7, 11) is 0. The summed E-state index contributed by atoms with van der Waals surface area (Å²) in [6.45, 7) is 6.64. The summed E-state index contributed by atoms with van der Waals surface area (Å²) in [5.74, 6) is 2.65. The van der Waals surface area contributed by atoms with Crippen LogP contribution in [0.3, 0.4) is 0 Å². The van der Waals surface area contributed by atoms with Gasteiger partial charge in [0.2, 0.25) is 0 Å². The summed E-state index contributed by atoms with van der Waals surface area (Å²) in [5, 5.41) is 0.698. The SMILES string of the molecule is Cc1cccc2c1nc(COc1ccc(Cl)cc1)n2CCCC1CCCN(CCC(Cc2ccccc2)C(=O)c2ccccc2)C1. The molecule has 1 saturated heterocycles. The molecule has 2 atom stereocenters. The maximum Gasteiger partial charge on any atom is 0.166 e. The van der Waals surface area contributed by atoms with Crippen LogP contribution in [0.15, 0.2) is 103 Å². The van der Waals surface area contributed by atoms with Crippen molar-refractivity contribution in [2.45, 2.75) is 58.6 Å². The number of benzene rings is 4. The molecule has 2 heterocycles. The van der Waals surface area contributed by atoms with Gasteiger partial charge < -0.3 is 14.2 Å². The Balaban J connectivity index is 1.06. The lowest BCUT2D eigenvalue weighted by molar-refractivity contribution is 0.0889. The number of fused-ring (bicyclic) bond motifs is 1. The number of rotatable bonds is 14. The van der Waals surface area contributed by atoms with Crippen LogP contribution < -0.4 is 4.74 Å². The Kier molecular flexibility index (Phi) is 10.8. The number of Topliss-reactive ketones (excluding diaryl/α,β-unsaturated/α-hetero) is 1. The highest BCUT2D eigenvalue weighted by molar-refractivity contribution is 6.30. The van der Waals surface area contributed by atoms with Gasteiger partial charge in [0, 0.05) is 29.6 Å². The number of hydrogen-bond acceptors (Lipinski definition) is 4. The molecule has 0 spiro atoms. The number of carbonyl (C=O) groups is 1. The molecule has 6 heteroatoms. The smallest absolute Gasteiger partial charge is 0.166 e. The average molecular weight is 634 g/mol. The topological polar surface area (TPSA) is 47.4 Å². The van der Waals surface area contributed by atoms with Crippen molar-refractivity contribution >= 4 is 28.4 Å². The second-order valence-electron chi connectivity index (χ2n) is 12.7. The number of halogens is 1. The van der Waals surface area contributed by atoms with Crippen molar-refractivity contribution in [1.82, 2.24) is 14.5 Å². The molecule has 5 aromatic rings. The summed E-state index contributed by atoms with van der Waals surface area (Å²) in [6.07, 6.45) is 6.42.